The van der Waals surface area contributed by atoms with Gasteiger partial charge in [0.2, 0.25) is 0 Å². The lowest BCUT2D eigenvalue weighted by Crippen LogP contribution is -2.02. The van der Waals surface area contributed by atoms with Crippen molar-refractivity contribution in [3.63, 3.8) is 0 Å². The standard InChI is InChI=1S/C12H15N3O2S/c1-9-13-7-11(15-9)8-14-10-4-3-5-12(6-10)18(2,16)17/h3-7,14H,8H2,1-2H3,(H,13,15). The Labute approximate surface area is 106 Å². The summed E-state index contributed by atoms with van der Waals surface area (Å²) in [6, 6.07) is 6.76. The number of nitrogens with zero attached hydrogens (tertiary/aromatic N) is 1. The van der Waals surface area contributed by atoms with Gasteiger partial charge in [0.1, 0.15) is 5.82 Å². The number of benzene rings is 1. The maximum absolute atomic E-state index is 11.4. The van der Waals surface area contributed by atoms with E-state index in [1.165, 1.54) is 6.26 Å². The first kappa shape index (κ1) is 12.6. The lowest BCUT2D eigenvalue weighted by Gasteiger charge is -2.06. The molecule has 1 heterocycles. The van der Waals surface area contributed by atoms with Crippen LogP contribution in [0.1, 0.15) is 11.5 Å². The summed E-state index contributed by atoms with van der Waals surface area (Å²) in [6.45, 7) is 2.46. The Morgan fingerprint density at radius 2 is 2.17 bits per heavy atom. The summed E-state index contributed by atoms with van der Waals surface area (Å²) in [5, 5.41) is 3.15. The van der Waals surface area contributed by atoms with E-state index in [1.54, 1.807) is 24.4 Å². The molecular formula is C12H15N3O2S. The highest BCUT2D eigenvalue weighted by Crippen LogP contribution is 2.15. The maximum Gasteiger partial charge on any atom is 0.175 e. The highest BCUT2D eigenvalue weighted by atomic mass is 32.2. The Kier molecular flexibility index (Phi) is 3.38. The molecule has 6 heteroatoms. The zero-order chi connectivity index (χ0) is 13.2. The highest BCUT2D eigenvalue weighted by molar-refractivity contribution is 7.90. The number of sulfone groups is 1. The lowest BCUT2D eigenvalue weighted by molar-refractivity contribution is 0.602. The fraction of sp³-hybridized carbons (Fsp3) is 0.250. The van der Waals surface area contributed by atoms with Gasteiger partial charge in [-0.05, 0) is 25.1 Å². The molecule has 2 aromatic rings. The average Bonchev–Trinajstić information content (AvgIpc) is 2.72. The third-order valence-corrected chi connectivity index (χ3v) is 3.61. The molecular weight excluding hydrogens is 250 g/mol. The van der Waals surface area contributed by atoms with Crippen LogP contribution < -0.4 is 5.32 Å². The molecule has 0 atom stereocenters. The molecule has 0 bridgehead atoms. The molecule has 0 aliphatic rings. The van der Waals surface area contributed by atoms with Gasteiger partial charge in [-0.2, -0.15) is 0 Å². The number of hydrogen-bond donors (Lipinski definition) is 2. The number of anilines is 1. The largest absolute Gasteiger partial charge is 0.379 e. The highest BCUT2D eigenvalue weighted by Gasteiger charge is 2.07. The normalized spacial score (nSPS) is 11.4. The Balaban J connectivity index is 2.11. The number of hydrogen-bond acceptors (Lipinski definition) is 4. The van der Waals surface area contributed by atoms with E-state index in [9.17, 15) is 8.42 Å². The molecule has 2 N–H and O–H groups in total. The van der Waals surface area contributed by atoms with Crippen LogP contribution in [-0.2, 0) is 16.4 Å². The summed E-state index contributed by atoms with van der Waals surface area (Å²) in [5.41, 5.74) is 1.72. The van der Waals surface area contributed by atoms with Gasteiger partial charge in [-0.3, -0.25) is 0 Å². The van der Waals surface area contributed by atoms with Crippen LogP contribution in [0.3, 0.4) is 0 Å². The predicted octanol–water partition coefficient (Wildman–Crippen LogP) is 1.73. The Morgan fingerprint density at radius 3 is 2.78 bits per heavy atom. The molecule has 5 nitrogen and oxygen atoms in total. The fourth-order valence-corrected chi connectivity index (χ4v) is 2.26. The second-order valence-electron chi connectivity index (χ2n) is 4.15. The third kappa shape index (κ3) is 3.10. The summed E-state index contributed by atoms with van der Waals surface area (Å²) < 4.78 is 22.8. The number of aromatic amines is 1. The van der Waals surface area contributed by atoms with Gasteiger partial charge in [0.25, 0.3) is 0 Å². The van der Waals surface area contributed by atoms with Gasteiger partial charge in [-0.15, -0.1) is 0 Å². The van der Waals surface area contributed by atoms with Crippen LogP contribution in [0.4, 0.5) is 5.69 Å². The number of nitrogens with one attached hydrogen (secondary N) is 2. The topological polar surface area (TPSA) is 74.8 Å². The quantitative estimate of drug-likeness (QED) is 0.883. The minimum atomic E-state index is -3.16. The number of rotatable bonds is 4. The monoisotopic (exact) mass is 265 g/mol. The Bertz CT molecular complexity index is 647. The number of H-pyrrole nitrogens is 1. The molecule has 1 aromatic carbocycles. The summed E-state index contributed by atoms with van der Waals surface area (Å²) in [7, 11) is -3.16. The molecule has 0 radical (unpaired) electrons. The first-order chi connectivity index (χ1) is 8.45. The summed E-state index contributed by atoms with van der Waals surface area (Å²) in [6.07, 6.45) is 2.95. The molecule has 0 unspecified atom stereocenters. The van der Waals surface area contributed by atoms with E-state index in [4.69, 9.17) is 0 Å². The van der Waals surface area contributed by atoms with E-state index in [0.717, 1.165) is 17.2 Å². The Morgan fingerprint density at radius 1 is 1.39 bits per heavy atom. The lowest BCUT2D eigenvalue weighted by atomic mass is 10.3. The first-order valence-electron chi connectivity index (χ1n) is 5.49. The van der Waals surface area contributed by atoms with Gasteiger partial charge in [-0.25, -0.2) is 13.4 Å². The van der Waals surface area contributed by atoms with E-state index >= 15 is 0 Å². The molecule has 1 aromatic heterocycles. The van der Waals surface area contributed by atoms with Crippen LogP contribution in [0.5, 0.6) is 0 Å². The van der Waals surface area contributed by atoms with Gasteiger partial charge in [0, 0.05) is 11.9 Å². The van der Waals surface area contributed by atoms with Gasteiger partial charge in [0.05, 0.1) is 23.3 Å². The minimum absolute atomic E-state index is 0.313. The van der Waals surface area contributed by atoms with Crippen molar-refractivity contribution in [2.45, 2.75) is 18.4 Å². The molecule has 18 heavy (non-hydrogen) atoms. The summed E-state index contributed by atoms with van der Waals surface area (Å²) >= 11 is 0. The molecule has 2 rings (SSSR count). The van der Waals surface area contributed by atoms with Crippen molar-refractivity contribution in [2.24, 2.45) is 0 Å². The van der Waals surface area contributed by atoms with Gasteiger partial charge in [-0.1, -0.05) is 6.07 Å². The van der Waals surface area contributed by atoms with Crippen LogP contribution in [0.2, 0.25) is 0 Å². The van der Waals surface area contributed by atoms with E-state index in [-0.39, 0.29) is 0 Å². The van der Waals surface area contributed by atoms with Crippen molar-refractivity contribution in [3.05, 3.63) is 42.0 Å². The molecule has 0 saturated carbocycles. The van der Waals surface area contributed by atoms with E-state index in [0.29, 0.717) is 11.4 Å². The Hall–Kier alpha value is -1.82. The predicted molar refractivity (Wildman–Crippen MR) is 70.2 cm³/mol. The van der Waals surface area contributed by atoms with E-state index < -0.39 is 9.84 Å². The molecule has 0 fully saturated rings. The van der Waals surface area contributed by atoms with Crippen LogP contribution >= 0.6 is 0 Å². The zero-order valence-electron chi connectivity index (χ0n) is 10.3. The molecule has 0 amide bonds. The summed E-state index contributed by atoms with van der Waals surface area (Å²) in [4.78, 5) is 7.51. The number of aromatic nitrogens is 2. The SMILES string of the molecule is Cc1ncc(CNc2cccc(S(C)(=O)=O)c2)[nH]1. The second kappa shape index (κ2) is 4.81. The van der Waals surface area contributed by atoms with Crippen molar-refractivity contribution in [1.29, 1.82) is 0 Å². The smallest absolute Gasteiger partial charge is 0.175 e. The van der Waals surface area contributed by atoms with Crippen LogP contribution in [-0.4, -0.2) is 24.6 Å². The van der Waals surface area contributed by atoms with Gasteiger partial charge < -0.3 is 10.3 Å². The number of imidazole rings is 1. The number of aryl methyl sites for hydroxylation is 1. The zero-order valence-corrected chi connectivity index (χ0v) is 11.1. The maximum atomic E-state index is 11.4. The van der Waals surface area contributed by atoms with Crippen molar-refractivity contribution < 1.29 is 8.42 Å². The molecule has 96 valence electrons. The van der Waals surface area contributed by atoms with Crippen molar-refractivity contribution in [3.8, 4) is 0 Å². The molecule has 0 saturated heterocycles. The van der Waals surface area contributed by atoms with E-state index in [2.05, 4.69) is 15.3 Å². The molecule has 0 spiro atoms. The van der Waals surface area contributed by atoms with Crippen molar-refractivity contribution in [1.82, 2.24) is 9.97 Å². The van der Waals surface area contributed by atoms with Crippen LogP contribution in [0.25, 0.3) is 0 Å². The second-order valence-corrected chi connectivity index (χ2v) is 6.16. The molecule has 0 aliphatic heterocycles. The van der Waals surface area contributed by atoms with E-state index in [1.807, 2.05) is 13.0 Å². The molecule has 0 aliphatic carbocycles. The first-order valence-corrected chi connectivity index (χ1v) is 7.39. The third-order valence-electron chi connectivity index (χ3n) is 2.50. The minimum Gasteiger partial charge on any atom is -0.379 e. The van der Waals surface area contributed by atoms with Gasteiger partial charge >= 0.3 is 0 Å². The van der Waals surface area contributed by atoms with Crippen LogP contribution in [0.15, 0.2) is 35.4 Å². The van der Waals surface area contributed by atoms with Crippen LogP contribution in [0, 0.1) is 6.92 Å². The summed E-state index contributed by atoms with van der Waals surface area (Å²) in [5.74, 6) is 0.858. The van der Waals surface area contributed by atoms with Gasteiger partial charge in [0.15, 0.2) is 9.84 Å². The average molecular weight is 265 g/mol. The fourth-order valence-electron chi connectivity index (χ4n) is 1.60. The van der Waals surface area contributed by atoms with Crippen molar-refractivity contribution >= 4 is 15.5 Å². The van der Waals surface area contributed by atoms with Crippen molar-refractivity contribution in [2.75, 3.05) is 11.6 Å².